The quantitative estimate of drug-likeness (QED) is 0.378. The van der Waals surface area contributed by atoms with E-state index < -0.39 is 0 Å². The minimum Gasteiger partial charge on any atom is -1.00 e. The molecule has 0 radical (unpaired) electrons. The predicted octanol–water partition coefficient (Wildman–Crippen LogP) is -1.08. The van der Waals surface area contributed by atoms with Crippen molar-refractivity contribution < 1.29 is 35.7 Å². The third kappa shape index (κ3) is 2.83. The Bertz CT molecular complexity index is 561. The van der Waals surface area contributed by atoms with Gasteiger partial charge in [0.2, 0.25) is 0 Å². The number of hydrogen-bond donors (Lipinski definition) is 0. The Labute approximate surface area is 148 Å². The number of halogens is 1. The molecule has 0 aromatic heterocycles. The first-order valence-electron chi connectivity index (χ1n) is 8.35. The van der Waals surface area contributed by atoms with Crippen molar-refractivity contribution in [3.63, 3.8) is 0 Å². The van der Waals surface area contributed by atoms with Crippen molar-refractivity contribution in [2.45, 2.75) is 56.6 Å². The van der Waals surface area contributed by atoms with E-state index in [-0.39, 0.29) is 29.1 Å². The van der Waals surface area contributed by atoms with Crippen molar-refractivity contribution in [3.05, 3.63) is 35.9 Å². The molecule has 2 bridgehead atoms. The van der Waals surface area contributed by atoms with Gasteiger partial charge in [-0.1, -0.05) is 30.3 Å². The van der Waals surface area contributed by atoms with Gasteiger partial charge in [-0.05, 0) is 12.5 Å². The second kappa shape index (κ2) is 6.19. The van der Waals surface area contributed by atoms with Crippen molar-refractivity contribution >= 4 is 5.97 Å². The molecule has 3 heterocycles. The molecule has 3 aliphatic rings. The van der Waals surface area contributed by atoms with Crippen LogP contribution in [0.15, 0.2) is 30.3 Å². The standard InChI is InChI=1S/C18H24NO3.BrH/c1-3-19(2)14-10-13(11-15(19)18-17(14)22-18)21-16(20)9-12-7-5-4-6-8-12;/h4-8,13-15,17-18H,3,9-11H2,1-2H3;1H/q+1;/p-1/t13?,14-,15+,17?,18?,19?;. The number of fused-ring (bicyclic) bond motifs is 5. The monoisotopic (exact) mass is 381 g/mol. The molecule has 3 aliphatic heterocycles. The maximum absolute atomic E-state index is 12.2. The summed E-state index contributed by atoms with van der Waals surface area (Å²) >= 11 is 0. The Morgan fingerprint density at radius 2 is 1.83 bits per heavy atom. The third-order valence-corrected chi connectivity index (χ3v) is 6.01. The van der Waals surface area contributed by atoms with Gasteiger partial charge in [-0.25, -0.2) is 0 Å². The summed E-state index contributed by atoms with van der Waals surface area (Å²) in [6.45, 7) is 3.39. The largest absolute Gasteiger partial charge is 1.00 e. The minimum atomic E-state index is -0.0993. The first-order chi connectivity index (χ1) is 10.6. The zero-order valence-electron chi connectivity index (χ0n) is 13.7. The van der Waals surface area contributed by atoms with E-state index in [2.05, 4.69) is 14.0 Å². The van der Waals surface area contributed by atoms with Crippen molar-refractivity contribution in [2.75, 3.05) is 13.6 Å². The summed E-state index contributed by atoms with van der Waals surface area (Å²) in [5.74, 6) is -0.0993. The van der Waals surface area contributed by atoms with E-state index in [0.717, 1.165) is 29.4 Å². The summed E-state index contributed by atoms with van der Waals surface area (Å²) < 4.78 is 12.7. The number of morpholine rings is 1. The lowest BCUT2D eigenvalue weighted by Gasteiger charge is -2.47. The number of rotatable bonds is 4. The molecular weight excluding hydrogens is 358 g/mol. The van der Waals surface area contributed by atoms with E-state index in [4.69, 9.17) is 9.47 Å². The molecule has 0 saturated carbocycles. The number of quaternary nitrogens is 1. The fraction of sp³-hybridized carbons (Fsp3) is 0.611. The van der Waals surface area contributed by atoms with Crippen LogP contribution in [0, 0.1) is 0 Å². The molecule has 0 aliphatic carbocycles. The highest BCUT2D eigenvalue weighted by Gasteiger charge is 2.71. The first-order valence-corrected chi connectivity index (χ1v) is 8.35. The fourth-order valence-corrected chi connectivity index (χ4v) is 4.61. The highest BCUT2D eigenvalue weighted by molar-refractivity contribution is 5.72. The molecule has 5 heteroatoms. The summed E-state index contributed by atoms with van der Waals surface area (Å²) in [5, 5.41) is 0. The SMILES string of the molecule is CC[N+]1(C)[C@@H]2CC(OC(=O)Cc3ccccc3)C[C@H]1C1OC12.[Br-]. The second-order valence-electron chi connectivity index (χ2n) is 7.11. The van der Waals surface area contributed by atoms with Gasteiger partial charge in [-0.2, -0.15) is 0 Å². The number of benzene rings is 1. The van der Waals surface area contributed by atoms with Gasteiger partial charge >= 0.3 is 5.97 Å². The molecular formula is C18H24BrNO3. The van der Waals surface area contributed by atoms with Crippen LogP contribution in [0.5, 0.6) is 0 Å². The molecule has 4 nitrogen and oxygen atoms in total. The van der Waals surface area contributed by atoms with E-state index in [1.807, 2.05) is 30.3 Å². The summed E-state index contributed by atoms with van der Waals surface area (Å²) in [5.41, 5.74) is 1.02. The second-order valence-corrected chi connectivity index (χ2v) is 7.11. The van der Waals surface area contributed by atoms with Gasteiger partial charge in [-0.15, -0.1) is 0 Å². The summed E-state index contributed by atoms with van der Waals surface area (Å²) in [4.78, 5) is 12.2. The Morgan fingerprint density at radius 1 is 1.22 bits per heavy atom. The Kier molecular flexibility index (Phi) is 4.55. The van der Waals surface area contributed by atoms with Gasteiger partial charge in [0, 0.05) is 12.8 Å². The van der Waals surface area contributed by atoms with Gasteiger partial charge < -0.3 is 30.9 Å². The van der Waals surface area contributed by atoms with Crippen LogP contribution >= 0.6 is 0 Å². The topological polar surface area (TPSA) is 38.8 Å². The van der Waals surface area contributed by atoms with Crippen LogP contribution in [0.1, 0.15) is 25.3 Å². The van der Waals surface area contributed by atoms with Crippen LogP contribution in [0.4, 0.5) is 0 Å². The number of epoxide rings is 1. The van der Waals surface area contributed by atoms with E-state index in [9.17, 15) is 4.79 Å². The van der Waals surface area contributed by atoms with Gasteiger partial charge in [0.05, 0.1) is 20.0 Å². The first kappa shape index (κ1) is 16.9. The van der Waals surface area contributed by atoms with E-state index in [1.165, 1.54) is 0 Å². The summed E-state index contributed by atoms with van der Waals surface area (Å²) in [7, 11) is 2.34. The number of likely N-dealkylation sites (N-methyl/N-ethyl adjacent to an activating group) is 1. The average molecular weight is 382 g/mol. The number of nitrogens with zero attached hydrogens (tertiary/aromatic N) is 1. The average Bonchev–Trinajstić information content (AvgIpc) is 3.26. The number of ether oxygens (including phenoxy) is 2. The molecule has 0 N–H and O–H groups in total. The van der Waals surface area contributed by atoms with Crippen LogP contribution in [0.25, 0.3) is 0 Å². The molecule has 126 valence electrons. The van der Waals surface area contributed by atoms with Crippen LogP contribution in [0.3, 0.4) is 0 Å². The van der Waals surface area contributed by atoms with Crippen molar-refractivity contribution in [1.82, 2.24) is 0 Å². The van der Waals surface area contributed by atoms with Gasteiger partial charge in [0.25, 0.3) is 0 Å². The maximum atomic E-state index is 12.2. The maximum Gasteiger partial charge on any atom is 0.310 e. The molecule has 23 heavy (non-hydrogen) atoms. The predicted molar refractivity (Wildman–Crippen MR) is 82.2 cm³/mol. The van der Waals surface area contributed by atoms with Crippen molar-refractivity contribution in [2.24, 2.45) is 0 Å². The number of carbonyl (C=O) groups excluding carboxylic acids is 1. The van der Waals surface area contributed by atoms with Gasteiger partial charge in [0.15, 0.2) is 0 Å². The molecule has 3 saturated heterocycles. The highest BCUT2D eigenvalue weighted by Crippen LogP contribution is 2.52. The molecule has 1 aromatic carbocycles. The molecule has 0 spiro atoms. The molecule has 1 aromatic rings. The third-order valence-electron chi connectivity index (χ3n) is 6.01. The van der Waals surface area contributed by atoms with Crippen molar-refractivity contribution in [1.29, 1.82) is 0 Å². The zero-order chi connectivity index (χ0) is 15.3. The number of esters is 1. The van der Waals surface area contributed by atoms with Crippen molar-refractivity contribution in [3.8, 4) is 0 Å². The molecule has 4 rings (SSSR count). The van der Waals surface area contributed by atoms with E-state index in [1.54, 1.807) is 0 Å². The van der Waals surface area contributed by atoms with Crippen LogP contribution in [-0.2, 0) is 20.7 Å². The number of carbonyl (C=O) groups is 1. The lowest BCUT2D eigenvalue weighted by molar-refractivity contribution is -0.954. The Hall–Kier alpha value is -0.910. The zero-order valence-corrected chi connectivity index (χ0v) is 15.2. The van der Waals surface area contributed by atoms with Crippen LogP contribution in [0.2, 0.25) is 0 Å². The van der Waals surface area contributed by atoms with Gasteiger partial charge in [0.1, 0.15) is 30.4 Å². The molecule has 0 amide bonds. The van der Waals surface area contributed by atoms with Gasteiger partial charge in [-0.3, -0.25) is 4.79 Å². The minimum absolute atomic E-state index is 0. The molecule has 3 fully saturated rings. The molecule has 6 atom stereocenters. The smallest absolute Gasteiger partial charge is 0.310 e. The normalized spacial score (nSPS) is 40.0. The number of piperidine rings is 1. The number of hydrogen-bond acceptors (Lipinski definition) is 3. The summed E-state index contributed by atoms with van der Waals surface area (Å²) in [6.07, 6.45) is 3.15. The Balaban J connectivity index is 0.00000156. The fourth-order valence-electron chi connectivity index (χ4n) is 4.61. The molecule has 4 unspecified atom stereocenters. The Morgan fingerprint density at radius 3 is 2.39 bits per heavy atom. The van der Waals surface area contributed by atoms with E-state index >= 15 is 0 Å². The lowest BCUT2D eigenvalue weighted by Crippen LogP contribution is -3.00. The van der Waals surface area contributed by atoms with E-state index in [0.29, 0.717) is 30.7 Å². The summed E-state index contributed by atoms with van der Waals surface area (Å²) in [6, 6.07) is 10.8. The highest BCUT2D eigenvalue weighted by atomic mass is 79.9. The van der Waals surface area contributed by atoms with Crippen LogP contribution in [-0.4, -0.2) is 54.4 Å². The lowest BCUT2D eigenvalue weighted by atomic mass is 9.95. The van der Waals surface area contributed by atoms with Crippen LogP contribution < -0.4 is 17.0 Å².